The monoisotopic (exact) mass is 478 g/mol. The number of ether oxygens (including phenoxy) is 2. The van der Waals surface area contributed by atoms with Crippen LogP contribution in [0.1, 0.15) is 22.3 Å². The Balaban J connectivity index is 1.29. The van der Waals surface area contributed by atoms with Gasteiger partial charge in [0.2, 0.25) is 0 Å². The second-order valence-corrected chi connectivity index (χ2v) is 8.75. The Kier molecular flexibility index (Phi) is 6.41. The molecule has 0 unspecified atom stereocenters. The van der Waals surface area contributed by atoms with Gasteiger partial charge in [-0.25, -0.2) is 4.79 Å². The predicted molar refractivity (Wildman–Crippen MR) is 140 cm³/mol. The summed E-state index contributed by atoms with van der Waals surface area (Å²) in [5, 5.41) is 5.02. The van der Waals surface area contributed by atoms with E-state index >= 15 is 0 Å². The Labute approximate surface area is 209 Å². The molecule has 180 valence electrons. The molecule has 1 saturated heterocycles. The number of aryl methyl sites for hydroxylation is 1. The van der Waals surface area contributed by atoms with Crippen molar-refractivity contribution in [2.45, 2.75) is 20.1 Å². The third kappa shape index (κ3) is 4.93. The first kappa shape index (κ1) is 23.2. The molecule has 1 N–H and O–H groups in total. The molecule has 3 amide bonds. The van der Waals surface area contributed by atoms with Crippen molar-refractivity contribution in [3.05, 3.63) is 113 Å². The summed E-state index contributed by atoms with van der Waals surface area (Å²) >= 11 is 0. The molecule has 4 aromatic carbocycles. The normalized spacial score (nSPS) is 14.4. The van der Waals surface area contributed by atoms with Gasteiger partial charge < -0.3 is 14.8 Å². The second-order valence-electron chi connectivity index (χ2n) is 8.75. The molecule has 6 heteroatoms. The molecule has 1 aliphatic heterocycles. The molecule has 0 atom stereocenters. The number of urea groups is 1. The minimum Gasteiger partial charge on any atom is -0.493 e. The van der Waals surface area contributed by atoms with E-state index in [1.54, 1.807) is 25.3 Å². The van der Waals surface area contributed by atoms with Crippen LogP contribution in [0.4, 0.5) is 4.79 Å². The summed E-state index contributed by atoms with van der Waals surface area (Å²) in [6, 6.07) is 27.2. The van der Waals surface area contributed by atoms with Gasteiger partial charge in [0.15, 0.2) is 11.5 Å². The molecule has 0 spiro atoms. The number of hydrogen-bond acceptors (Lipinski definition) is 4. The van der Waals surface area contributed by atoms with E-state index < -0.39 is 6.03 Å². The number of rotatable bonds is 7. The lowest BCUT2D eigenvalue weighted by Gasteiger charge is -2.12. The number of fused-ring (bicyclic) bond motifs is 1. The SMILES string of the molecule is COc1cc(/C=C2/NC(=O)N(Cc3ccc(C)cc3)C2=O)ccc1OCc1ccc2ccccc2c1. The van der Waals surface area contributed by atoms with E-state index in [4.69, 9.17) is 9.47 Å². The van der Waals surface area contributed by atoms with Crippen LogP contribution in [0.2, 0.25) is 0 Å². The average molecular weight is 479 g/mol. The van der Waals surface area contributed by atoms with E-state index in [1.807, 2.05) is 55.5 Å². The maximum absolute atomic E-state index is 12.9. The first-order valence-electron chi connectivity index (χ1n) is 11.7. The van der Waals surface area contributed by atoms with Crippen LogP contribution in [-0.4, -0.2) is 23.9 Å². The van der Waals surface area contributed by atoms with Crippen LogP contribution >= 0.6 is 0 Å². The Morgan fingerprint density at radius 3 is 2.36 bits per heavy atom. The van der Waals surface area contributed by atoms with E-state index in [0.717, 1.165) is 22.1 Å². The lowest BCUT2D eigenvalue weighted by Crippen LogP contribution is -2.30. The zero-order valence-electron chi connectivity index (χ0n) is 20.2. The van der Waals surface area contributed by atoms with E-state index in [9.17, 15) is 9.59 Å². The minimum atomic E-state index is -0.436. The Morgan fingerprint density at radius 1 is 0.833 bits per heavy atom. The van der Waals surface area contributed by atoms with Crippen molar-refractivity contribution in [3.63, 3.8) is 0 Å². The number of benzene rings is 4. The van der Waals surface area contributed by atoms with Crippen LogP contribution in [0.3, 0.4) is 0 Å². The van der Waals surface area contributed by atoms with Gasteiger partial charge in [0, 0.05) is 0 Å². The zero-order valence-corrected chi connectivity index (χ0v) is 20.2. The fraction of sp³-hybridized carbons (Fsp3) is 0.133. The van der Waals surface area contributed by atoms with Crippen molar-refractivity contribution >= 4 is 28.8 Å². The molecule has 1 heterocycles. The lowest BCUT2D eigenvalue weighted by molar-refractivity contribution is -0.123. The summed E-state index contributed by atoms with van der Waals surface area (Å²) in [4.78, 5) is 26.5. The molecule has 5 rings (SSSR count). The molecule has 4 aromatic rings. The van der Waals surface area contributed by atoms with Crippen LogP contribution in [0.25, 0.3) is 16.8 Å². The van der Waals surface area contributed by atoms with Gasteiger partial charge in [-0.1, -0.05) is 72.3 Å². The quantitative estimate of drug-likeness (QED) is 0.268. The fourth-order valence-corrected chi connectivity index (χ4v) is 4.14. The number of nitrogens with zero attached hydrogens (tertiary/aromatic N) is 1. The van der Waals surface area contributed by atoms with Crippen LogP contribution in [-0.2, 0) is 17.9 Å². The highest BCUT2D eigenvalue weighted by molar-refractivity contribution is 6.13. The summed E-state index contributed by atoms with van der Waals surface area (Å²) < 4.78 is 11.6. The van der Waals surface area contributed by atoms with Gasteiger partial charge in [-0.05, 0) is 58.7 Å². The summed E-state index contributed by atoms with van der Waals surface area (Å²) in [7, 11) is 1.57. The van der Waals surface area contributed by atoms with Gasteiger partial charge in [-0.3, -0.25) is 9.69 Å². The summed E-state index contributed by atoms with van der Waals surface area (Å²) in [6.07, 6.45) is 1.64. The number of hydrogen-bond donors (Lipinski definition) is 1. The van der Waals surface area contributed by atoms with E-state index in [1.165, 1.54) is 10.3 Å². The van der Waals surface area contributed by atoms with Crippen molar-refractivity contribution in [1.29, 1.82) is 0 Å². The topological polar surface area (TPSA) is 67.9 Å². The average Bonchev–Trinajstić information content (AvgIpc) is 3.16. The molecule has 0 aromatic heterocycles. The first-order valence-corrected chi connectivity index (χ1v) is 11.7. The first-order chi connectivity index (χ1) is 17.5. The summed E-state index contributed by atoms with van der Waals surface area (Å²) in [6.45, 7) is 2.60. The Morgan fingerprint density at radius 2 is 1.58 bits per heavy atom. The van der Waals surface area contributed by atoms with E-state index in [0.29, 0.717) is 23.7 Å². The molecule has 6 nitrogen and oxygen atoms in total. The highest BCUT2D eigenvalue weighted by Gasteiger charge is 2.33. The third-order valence-electron chi connectivity index (χ3n) is 6.13. The van der Waals surface area contributed by atoms with Crippen molar-refractivity contribution in [1.82, 2.24) is 10.2 Å². The number of carbonyl (C=O) groups excluding carboxylic acids is 2. The van der Waals surface area contributed by atoms with Gasteiger partial charge in [0.1, 0.15) is 12.3 Å². The largest absolute Gasteiger partial charge is 0.493 e. The van der Waals surface area contributed by atoms with Gasteiger partial charge >= 0.3 is 6.03 Å². The molecular weight excluding hydrogens is 452 g/mol. The molecule has 0 saturated carbocycles. The van der Waals surface area contributed by atoms with Crippen molar-refractivity contribution < 1.29 is 19.1 Å². The number of nitrogens with one attached hydrogen (secondary N) is 1. The molecule has 1 aliphatic rings. The van der Waals surface area contributed by atoms with Gasteiger partial charge in [-0.2, -0.15) is 0 Å². The lowest BCUT2D eigenvalue weighted by atomic mass is 10.1. The number of carbonyl (C=O) groups is 2. The van der Waals surface area contributed by atoms with Crippen molar-refractivity contribution in [2.75, 3.05) is 7.11 Å². The molecule has 0 radical (unpaired) electrons. The molecule has 36 heavy (non-hydrogen) atoms. The Bertz CT molecular complexity index is 1470. The third-order valence-corrected chi connectivity index (χ3v) is 6.13. The zero-order chi connectivity index (χ0) is 25.1. The maximum Gasteiger partial charge on any atom is 0.329 e. The summed E-state index contributed by atoms with van der Waals surface area (Å²) in [5.41, 5.74) is 4.00. The number of imide groups is 1. The highest BCUT2D eigenvalue weighted by Crippen LogP contribution is 2.30. The maximum atomic E-state index is 12.9. The highest BCUT2D eigenvalue weighted by atomic mass is 16.5. The number of methoxy groups -OCH3 is 1. The van der Waals surface area contributed by atoms with Crippen LogP contribution < -0.4 is 14.8 Å². The van der Waals surface area contributed by atoms with Crippen LogP contribution in [0.5, 0.6) is 11.5 Å². The predicted octanol–water partition coefficient (Wildman–Crippen LogP) is 5.83. The van der Waals surface area contributed by atoms with Gasteiger partial charge in [0.25, 0.3) is 5.91 Å². The molecule has 0 bridgehead atoms. The van der Waals surface area contributed by atoms with Crippen molar-refractivity contribution in [3.8, 4) is 11.5 Å². The van der Waals surface area contributed by atoms with Gasteiger partial charge in [0.05, 0.1) is 13.7 Å². The van der Waals surface area contributed by atoms with Crippen LogP contribution in [0.15, 0.2) is 90.6 Å². The van der Waals surface area contributed by atoms with Crippen LogP contribution in [0, 0.1) is 6.92 Å². The van der Waals surface area contributed by atoms with Crippen molar-refractivity contribution in [2.24, 2.45) is 0 Å². The van der Waals surface area contributed by atoms with E-state index in [2.05, 4.69) is 29.6 Å². The minimum absolute atomic E-state index is 0.215. The number of amides is 3. The Hall–Kier alpha value is -4.58. The fourth-order valence-electron chi connectivity index (χ4n) is 4.14. The standard InChI is InChI=1S/C30H26N2O4/c1-20-7-9-21(10-8-20)18-32-29(33)26(31-30(32)34)16-22-12-14-27(28(17-22)35-2)36-19-23-11-13-24-5-3-4-6-25(24)15-23/h3-17H,18-19H2,1-2H3,(H,31,34)/b26-16+. The summed E-state index contributed by atoms with van der Waals surface area (Å²) in [5.74, 6) is 0.769. The van der Waals surface area contributed by atoms with E-state index in [-0.39, 0.29) is 18.1 Å². The van der Waals surface area contributed by atoms with Gasteiger partial charge in [-0.15, -0.1) is 0 Å². The smallest absolute Gasteiger partial charge is 0.329 e. The molecule has 1 fully saturated rings. The molecule has 0 aliphatic carbocycles. The molecular formula is C30H26N2O4. The second kappa shape index (κ2) is 9.96.